The summed E-state index contributed by atoms with van der Waals surface area (Å²) in [7, 11) is 0. The Morgan fingerprint density at radius 1 is 1.60 bits per heavy atom. The monoisotopic (exact) mass is 205 g/mol. The van der Waals surface area contributed by atoms with Crippen molar-refractivity contribution in [3.05, 3.63) is 36.7 Å². The van der Waals surface area contributed by atoms with Crippen LogP contribution in [0.3, 0.4) is 0 Å². The standard InChI is InChI=1S/C12H19N3/c1-4-8-15(10(2)3)9-12-11(13)6-5-7-14-12/h4-7,10H,1,8-9,13H2,2-3H3. The van der Waals surface area contributed by atoms with Crippen LogP contribution in [-0.4, -0.2) is 22.5 Å². The number of hydrogen-bond acceptors (Lipinski definition) is 3. The number of pyridine rings is 1. The average Bonchev–Trinajstić information content (AvgIpc) is 2.20. The van der Waals surface area contributed by atoms with Gasteiger partial charge in [-0.1, -0.05) is 6.08 Å². The molecule has 2 N–H and O–H groups in total. The Morgan fingerprint density at radius 3 is 2.87 bits per heavy atom. The van der Waals surface area contributed by atoms with Crippen LogP contribution in [0.4, 0.5) is 5.69 Å². The summed E-state index contributed by atoms with van der Waals surface area (Å²) < 4.78 is 0. The van der Waals surface area contributed by atoms with Crippen LogP contribution >= 0.6 is 0 Å². The molecule has 0 radical (unpaired) electrons. The van der Waals surface area contributed by atoms with E-state index in [1.165, 1.54) is 0 Å². The lowest BCUT2D eigenvalue weighted by molar-refractivity contribution is 0.235. The normalized spacial score (nSPS) is 10.9. The van der Waals surface area contributed by atoms with Crippen LogP contribution in [0, 0.1) is 0 Å². The number of anilines is 1. The molecular weight excluding hydrogens is 186 g/mol. The fourth-order valence-corrected chi connectivity index (χ4v) is 1.40. The average molecular weight is 205 g/mol. The maximum absolute atomic E-state index is 5.85. The molecule has 3 nitrogen and oxygen atoms in total. The van der Waals surface area contributed by atoms with E-state index in [9.17, 15) is 0 Å². The van der Waals surface area contributed by atoms with Crippen molar-refractivity contribution in [3.63, 3.8) is 0 Å². The Bertz CT molecular complexity index is 320. The predicted molar refractivity (Wildman–Crippen MR) is 64.4 cm³/mol. The molecule has 0 spiro atoms. The minimum absolute atomic E-state index is 0.462. The van der Waals surface area contributed by atoms with Gasteiger partial charge in [0.25, 0.3) is 0 Å². The molecule has 82 valence electrons. The topological polar surface area (TPSA) is 42.2 Å². The zero-order chi connectivity index (χ0) is 11.3. The molecular formula is C12H19N3. The molecule has 1 aromatic heterocycles. The number of nitrogens with zero attached hydrogens (tertiary/aromatic N) is 2. The molecule has 1 heterocycles. The molecule has 0 saturated carbocycles. The first kappa shape index (κ1) is 11.7. The smallest absolute Gasteiger partial charge is 0.0772 e. The summed E-state index contributed by atoms with van der Waals surface area (Å²) in [4.78, 5) is 6.55. The molecule has 0 unspecified atom stereocenters. The van der Waals surface area contributed by atoms with E-state index in [4.69, 9.17) is 5.73 Å². The minimum Gasteiger partial charge on any atom is -0.397 e. The second-order valence-electron chi connectivity index (χ2n) is 3.85. The van der Waals surface area contributed by atoms with Crippen molar-refractivity contribution in [2.45, 2.75) is 26.4 Å². The van der Waals surface area contributed by atoms with Crippen molar-refractivity contribution < 1.29 is 0 Å². The summed E-state index contributed by atoms with van der Waals surface area (Å²) in [5.74, 6) is 0. The second kappa shape index (κ2) is 5.51. The molecule has 0 aliphatic rings. The highest BCUT2D eigenvalue weighted by Crippen LogP contribution is 2.12. The molecule has 0 aromatic carbocycles. The molecule has 0 atom stereocenters. The van der Waals surface area contributed by atoms with E-state index in [0.717, 1.165) is 24.5 Å². The van der Waals surface area contributed by atoms with E-state index in [1.54, 1.807) is 6.20 Å². The van der Waals surface area contributed by atoms with Gasteiger partial charge in [0.1, 0.15) is 0 Å². The maximum atomic E-state index is 5.85. The summed E-state index contributed by atoms with van der Waals surface area (Å²) in [6.07, 6.45) is 3.68. The first-order chi connectivity index (χ1) is 7.15. The molecule has 1 rings (SSSR count). The molecule has 0 fully saturated rings. The highest BCUT2D eigenvalue weighted by molar-refractivity contribution is 5.41. The van der Waals surface area contributed by atoms with Crippen LogP contribution in [0.5, 0.6) is 0 Å². The molecule has 1 aromatic rings. The second-order valence-corrected chi connectivity index (χ2v) is 3.85. The molecule has 3 heteroatoms. The van der Waals surface area contributed by atoms with Crippen LogP contribution in [0.2, 0.25) is 0 Å². The largest absolute Gasteiger partial charge is 0.397 e. The molecule has 15 heavy (non-hydrogen) atoms. The maximum Gasteiger partial charge on any atom is 0.0772 e. The van der Waals surface area contributed by atoms with Crippen molar-refractivity contribution in [2.75, 3.05) is 12.3 Å². The van der Waals surface area contributed by atoms with Gasteiger partial charge in [0, 0.05) is 25.3 Å². The number of nitrogens with two attached hydrogens (primary N) is 1. The Kier molecular flexibility index (Phi) is 4.31. The van der Waals surface area contributed by atoms with Crippen molar-refractivity contribution in [2.24, 2.45) is 0 Å². The van der Waals surface area contributed by atoms with E-state index in [0.29, 0.717) is 6.04 Å². The third kappa shape index (κ3) is 3.36. The fraction of sp³-hybridized carbons (Fsp3) is 0.417. The third-order valence-corrected chi connectivity index (χ3v) is 2.37. The first-order valence-electron chi connectivity index (χ1n) is 5.19. The van der Waals surface area contributed by atoms with Gasteiger partial charge < -0.3 is 5.73 Å². The van der Waals surface area contributed by atoms with Crippen LogP contribution < -0.4 is 5.73 Å². The molecule has 0 aliphatic carbocycles. The molecule has 0 saturated heterocycles. The van der Waals surface area contributed by atoms with Crippen molar-refractivity contribution >= 4 is 5.69 Å². The first-order valence-corrected chi connectivity index (χ1v) is 5.19. The van der Waals surface area contributed by atoms with E-state index >= 15 is 0 Å². The van der Waals surface area contributed by atoms with Gasteiger partial charge >= 0.3 is 0 Å². The molecule has 0 aliphatic heterocycles. The van der Waals surface area contributed by atoms with Crippen molar-refractivity contribution in [1.29, 1.82) is 0 Å². The van der Waals surface area contributed by atoms with E-state index < -0.39 is 0 Å². The van der Waals surface area contributed by atoms with Gasteiger partial charge in [-0.25, -0.2) is 0 Å². The zero-order valence-corrected chi connectivity index (χ0v) is 9.48. The zero-order valence-electron chi connectivity index (χ0n) is 9.48. The predicted octanol–water partition coefficient (Wildman–Crippen LogP) is 2.06. The Balaban J connectivity index is 2.73. The van der Waals surface area contributed by atoms with E-state index in [-0.39, 0.29) is 0 Å². The van der Waals surface area contributed by atoms with Gasteiger partial charge in [-0.2, -0.15) is 0 Å². The van der Waals surface area contributed by atoms with Crippen LogP contribution in [0.25, 0.3) is 0 Å². The van der Waals surface area contributed by atoms with Gasteiger partial charge in [0.15, 0.2) is 0 Å². The SMILES string of the molecule is C=CCN(Cc1ncccc1N)C(C)C. The Morgan fingerprint density at radius 2 is 2.33 bits per heavy atom. The van der Waals surface area contributed by atoms with Crippen molar-refractivity contribution in [3.8, 4) is 0 Å². The number of hydrogen-bond donors (Lipinski definition) is 1. The quantitative estimate of drug-likeness (QED) is 0.748. The summed E-state index contributed by atoms with van der Waals surface area (Å²) in [5, 5.41) is 0. The summed E-state index contributed by atoms with van der Waals surface area (Å²) in [5.41, 5.74) is 7.54. The Labute approximate surface area is 91.6 Å². The lowest BCUT2D eigenvalue weighted by Crippen LogP contribution is -2.31. The highest BCUT2D eigenvalue weighted by Gasteiger charge is 2.10. The third-order valence-electron chi connectivity index (χ3n) is 2.37. The number of rotatable bonds is 5. The number of aromatic nitrogens is 1. The van der Waals surface area contributed by atoms with Gasteiger partial charge in [-0.05, 0) is 26.0 Å². The molecule has 0 amide bonds. The summed E-state index contributed by atoms with van der Waals surface area (Å²) >= 11 is 0. The van der Waals surface area contributed by atoms with Gasteiger partial charge in [0.05, 0.1) is 11.4 Å². The van der Waals surface area contributed by atoms with Gasteiger partial charge in [-0.15, -0.1) is 6.58 Å². The lowest BCUT2D eigenvalue weighted by Gasteiger charge is -2.24. The van der Waals surface area contributed by atoms with E-state index in [1.807, 2.05) is 18.2 Å². The number of nitrogen functional groups attached to an aromatic ring is 1. The highest BCUT2D eigenvalue weighted by atomic mass is 15.1. The lowest BCUT2D eigenvalue weighted by atomic mass is 10.2. The van der Waals surface area contributed by atoms with Gasteiger partial charge in [-0.3, -0.25) is 9.88 Å². The van der Waals surface area contributed by atoms with Crippen LogP contribution in [0.1, 0.15) is 19.5 Å². The summed E-state index contributed by atoms with van der Waals surface area (Å²) in [6.45, 7) is 9.69. The van der Waals surface area contributed by atoms with Crippen molar-refractivity contribution in [1.82, 2.24) is 9.88 Å². The molecule has 0 bridgehead atoms. The van der Waals surface area contributed by atoms with Crippen LogP contribution in [-0.2, 0) is 6.54 Å². The Hall–Kier alpha value is -1.35. The fourth-order valence-electron chi connectivity index (χ4n) is 1.40. The minimum atomic E-state index is 0.462. The van der Waals surface area contributed by atoms with Crippen LogP contribution in [0.15, 0.2) is 31.0 Å². The van der Waals surface area contributed by atoms with E-state index in [2.05, 4.69) is 30.3 Å². The summed E-state index contributed by atoms with van der Waals surface area (Å²) in [6, 6.07) is 4.20. The van der Waals surface area contributed by atoms with Gasteiger partial charge in [0.2, 0.25) is 0 Å².